The predicted octanol–water partition coefficient (Wildman–Crippen LogP) is 3.07. The second kappa shape index (κ2) is 2.63. The van der Waals surface area contributed by atoms with Gasteiger partial charge in [-0.2, -0.15) is 0 Å². The first kappa shape index (κ1) is 12.8. The zero-order chi connectivity index (χ0) is 11.0. The minimum atomic E-state index is -9.62. The Balaban J connectivity index is 4.57. The lowest BCUT2D eigenvalue weighted by Crippen LogP contribution is -2.27. The van der Waals surface area contributed by atoms with Crippen LogP contribution in [0.25, 0.3) is 0 Å². The van der Waals surface area contributed by atoms with Crippen molar-refractivity contribution in [3.8, 4) is 0 Å². The van der Waals surface area contributed by atoms with E-state index < -0.39 is 27.3 Å². The summed E-state index contributed by atoms with van der Waals surface area (Å²) in [4.78, 5) is 10.3. The minimum Gasteiger partial charge on any atom is -0.468 e. The highest BCUT2D eigenvalue weighted by molar-refractivity contribution is 8.45. The highest BCUT2D eigenvalue weighted by Crippen LogP contribution is 2.97. The van der Waals surface area contributed by atoms with Crippen molar-refractivity contribution in [2.75, 3.05) is 12.9 Å². The summed E-state index contributed by atoms with van der Waals surface area (Å²) in [5, 5.41) is -2.40. The zero-order valence-corrected chi connectivity index (χ0v) is 7.85. The van der Waals surface area contributed by atoms with E-state index in [1.54, 1.807) is 0 Å². The smallest absolute Gasteiger partial charge is 0.324 e. The van der Waals surface area contributed by atoms with Crippen LogP contribution >= 0.6 is 21.8 Å². The van der Waals surface area contributed by atoms with Gasteiger partial charge in [0.25, 0.3) is 10.2 Å². The first-order valence-corrected chi connectivity index (χ1v) is 5.35. The largest absolute Gasteiger partial charge is 0.468 e. The van der Waals surface area contributed by atoms with Gasteiger partial charge in [0.05, 0.1) is 7.11 Å². The van der Waals surface area contributed by atoms with E-state index in [1.807, 2.05) is 0 Å². The molecular weight excluding hydrogens is 243 g/mol. The van der Waals surface area contributed by atoms with Crippen LogP contribution in [0, 0.1) is 0 Å². The first-order chi connectivity index (χ1) is 5.34. The Morgan fingerprint density at radius 2 is 1.77 bits per heavy atom. The molecule has 1 atom stereocenters. The van der Waals surface area contributed by atoms with Crippen molar-refractivity contribution in [1.82, 2.24) is 0 Å². The minimum absolute atomic E-state index is 0.753. The van der Waals surface area contributed by atoms with E-state index in [0.29, 0.717) is 0 Å². The average molecular weight is 249 g/mol. The van der Waals surface area contributed by atoms with Gasteiger partial charge in [-0.05, 0) is 0 Å². The molecular formula is C4H6ClF5O2S. The number of carbonyl (C=O) groups excluding carboxylic acids is 1. The molecule has 0 aliphatic carbocycles. The van der Waals surface area contributed by atoms with Crippen molar-refractivity contribution in [3.63, 3.8) is 0 Å². The van der Waals surface area contributed by atoms with Crippen molar-refractivity contribution >= 4 is 27.8 Å². The molecule has 9 heteroatoms. The Labute approximate surface area is 75.7 Å². The molecule has 0 aliphatic heterocycles. The molecule has 2 nitrogen and oxygen atoms in total. The van der Waals surface area contributed by atoms with Gasteiger partial charge in [0, 0.05) is 0 Å². The number of ether oxygens (including phenoxy) is 1. The summed E-state index contributed by atoms with van der Waals surface area (Å²) in [5.41, 5.74) is 0. The second-order valence-corrected chi connectivity index (χ2v) is 5.40. The molecule has 0 radical (unpaired) electrons. The van der Waals surface area contributed by atoms with Gasteiger partial charge in [-0.15, -0.1) is 11.6 Å². The third-order valence-electron chi connectivity index (χ3n) is 0.918. The summed E-state index contributed by atoms with van der Waals surface area (Å²) in [5.74, 6) is -4.18. The van der Waals surface area contributed by atoms with E-state index in [0.717, 1.165) is 7.11 Å². The SMILES string of the molecule is COC(=O)C(Cl)CS(F)(F)(F)(F)F. The molecule has 13 heavy (non-hydrogen) atoms. The first-order valence-electron chi connectivity index (χ1n) is 2.79. The summed E-state index contributed by atoms with van der Waals surface area (Å²) < 4.78 is 62.1. The van der Waals surface area contributed by atoms with Gasteiger partial charge in [0.15, 0.2) is 0 Å². The van der Waals surface area contributed by atoms with Crippen LogP contribution in [0.4, 0.5) is 19.4 Å². The van der Waals surface area contributed by atoms with E-state index in [4.69, 9.17) is 11.6 Å². The zero-order valence-electron chi connectivity index (χ0n) is 6.28. The second-order valence-electron chi connectivity index (χ2n) is 2.29. The fourth-order valence-corrected chi connectivity index (χ4v) is 1.96. The molecule has 0 bridgehead atoms. The maximum absolute atomic E-state index is 11.7. The number of halogens is 6. The van der Waals surface area contributed by atoms with Crippen molar-refractivity contribution in [1.29, 1.82) is 0 Å². The monoisotopic (exact) mass is 248 g/mol. The molecule has 0 rings (SSSR count). The average Bonchev–Trinajstić information content (AvgIpc) is 1.78. The molecule has 0 saturated heterocycles. The van der Waals surface area contributed by atoms with Crippen LogP contribution in [0.15, 0.2) is 0 Å². The molecule has 0 aromatic carbocycles. The number of methoxy groups -OCH3 is 1. The number of esters is 1. The summed E-state index contributed by atoms with van der Waals surface area (Å²) >= 11 is 4.75. The van der Waals surface area contributed by atoms with Gasteiger partial charge in [-0.3, -0.25) is 4.79 Å². The molecule has 0 aliphatic rings. The Morgan fingerprint density at radius 3 is 2.00 bits per heavy atom. The van der Waals surface area contributed by atoms with E-state index in [2.05, 4.69) is 4.74 Å². The Morgan fingerprint density at radius 1 is 1.38 bits per heavy atom. The van der Waals surface area contributed by atoms with Crippen molar-refractivity contribution in [2.45, 2.75) is 5.38 Å². The number of alkyl halides is 1. The van der Waals surface area contributed by atoms with Crippen LogP contribution in [0.2, 0.25) is 0 Å². The third-order valence-corrected chi connectivity index (χ3v) is 2.40. The molecule has 0 amide bonds. The van der Waals surface area contributed by atoms with Gasteiger partial charge >= 0.3 is 5.97 Å². The van der Waals surface area contributed by atoms with Crippen LogP contribution in [0.3, 0.4) is 0 Å². The number of hydrogen-bond acceptors (Lipinski definition) is 2. The standard InChI is InChI=1S/C4H6ClF5O2S/c1-12-4(11)3(5)2-13(6,7,8,9)10/h3H,2H2,1H3. The maximum Gasteiger partial charge on any atom is 0.324 e. The van der Waals surface area contributed by atoms with Crippen LogP contribution < -0.4 is 0 Å². The number of carbonyl (C=O) groups is 1. The van der Waals surface area contributed by atoms with Gasteiger partial charge in [0.1, 0.15) is 11.1 Å². The summed E-state index contributed by atoms with van der Waals surface area (Å²) in [6, 6.07) is 0. The van der Waals surface area contributed by atoms with Gasteiger partial charge in [-0.25, -0.2) is 0 Å². The fraction of sp³-hybridized carbons (Fsp3) is 0.750. The third kappa shape index (κ3) is 6.88. The number of rotatable bonds is 3. The Hall–Kier alpha value is -0.240. The highest BCUT2D eigenvalue weighted by atomic mass is 35.5. The van der Waals surface area contributed by atoms with Crippen LogP contribution in [-0.2, 0) is 9.53 Å². The molecule has 0 saturated carbocycles. The molecule has 0 heterocycles. The van der Waals surface area contributed by atoms with E-state index >= 15 is 0 Å². The van der Waals surface area contributed by atoms with Crippen LogP contribution in [0.1, 0.15) is 0 Å². The molecule has 82 valence electrons. The highest BCUT2D eigenvalue weighted by Gasteiger charge is 2.65. The Kier molecular flexibility index (Phi) is 2.58. The van der Waals surface area contributed by atoms with Gasteiger partial charge in [-0.1, -0.05) is 19.4 Å². The summed E-state index contributed by atoms with van der Waals surface area (Å²) in [7, 11) is -8.87. The van der Waals surface area contributed by atoms with Crippen molar-refractivity contribution in [2.24, 2.45) is 0 Å². The van der Waals surface area contributed by atoms with E-state index in [1.165, 1.54) is 0 Å². The molecule has 0 aromatic heterocycles. The maximum atomic E-state index is 11.7. The quantitative estimate of drug-likeness (QED) is 0.436. The van der Waals surface area contributed by atoms with Crippen molar-refractivity contribution < 1.29 is 29.0 Å². The predicted molar refractivity (Wildman–Crippen MR) is 39.7 cm³/mol. The lowest BCUT2D eigenvalue weighted by atomic mass is 10.5. The molecule has 0 N–H and O–H groups in total. The number of hydrogen-bond donors (Lipinski definition) is 0. The Bertz CT molecular complexity index is 222. The van der Waals surface area contributed by atoms with Gasteiger partial charge < -0.3 is 4.74 Å². The van der Waals surface area contributed by atoms with Crippen LogP contribution in [-0.4, -0.2) is 24.2 Å². The normalized spacial score (nSPS) is 19.9. The molecule has 0 spiro atoms. The van der Waals surface area contributed by atoms with Crippen LogP contribution in [0.5, 0.6) is 0 Å². The van der Waals surface area contributed by atoms with Crippen molar-refractivity contribution in [3.05, 3.63) is 0 Å². The topological polar surface area (TPSA) is 26.3 Å². The van der Waals surface area contributed by atoms with E-state index in [-0.39, 0.29) is 0 Å². The lowest BCUT2D eigenvalue weighted by molar-refractivity contribution is -0.139. The molecule has 0 fully saturated rings. The fourth-order valence-electron chi connectivity index (χ4n) is 0.472. The van der Waals surface area contributed by atoms with Gasteiger partial charge in [0.2, 0.25) is 0 Å². The summed E-state index contributed by atoms with van der Waals surface area (Å²) in [6.07, 6.45) is 0. The summed E-state index contributed by atoms with van der Waals surface area (Å²) in [6.45, 7) is 0. The molecule has 1 unspecified atom stereocenters. The lowest BCUT2D eigenvalue weighted by Gasteiger charge is -2.40. The van der Waals surface area contributed by atoms with E-state index in [9.17, 15) is 24.2 Å². The molecule has 0 aromatic rings.